The highest BCUT2D eigenvalue weighted by Crippen LogP contribution is 2.30. The standard InChI is InChI=1S/C15H14N2S/c1-10-7-9-18-15(10)13(16)14-12-5-3-2-4-11(12)6-8-17-14/h2-9,13H,16H2,1H3. The second-order valence-electron chi connectivity index (χ2n) is 4.36. The molecule has 2 N–H and O–H groups in total. The Balaban J connectivity index is 2.18. The van der Waals surface area contributed by atoms with Crippen LogP contribution in [0.1, 0.15) is 22.2 Å². The highest BCUT2D eigenvalue weighted by molar-refractivity contribution is 7.10. The van der Waals surface area contributed by atoms with E-state index in [0.29, 0.717) is 0 Å². The van der Waals surface area contributed by atoms with Gasteiger partial charge in [0.1, 0.15) is 0 Å². The van der Waals surface area contributed by atoms with Crippen molar-refractivity contribution in [2.45, 2.75) is 13.0 Å². The molecule has 2 nitrogen and oxygen atoms in total. The third-order valence-electron chi connectivity index (χ3n) is 3.18. The lowest BCUT2D eigenvalue weighted by Gasteiger charge is -2.13. The Hall–Kier alpha value is -1.71. The van der Waals surface area contributed by atoms with Gasteiger partial charge >= 0.3 is 0 Å². The van der Waals surface area contributed by atoms with E-state index in [2.05, 4.69) is 35.5 Å². The Kier molecular flexibility index (Phi) is 2.86. The lowest BCUT2D eigenvalue weighted by atomic mass is 10.0. The quantitative estimate of drug-likeness (QED) is 0.758. The Morgan fingerprint density at radius 3 is 2.78 bits per heavy atom. The van der Waals surface area contributed by atoms with Crippen molar-refractivity contribution in [3.05, 3.63) is 64.1 Å². The maximum atomic E-state index is 6.38. The first kappa shape index (κ1) is 11.4. The van der Waals surface area contributed by atoms with E-state index in [1.807, 2.05) is 24.4 Å². The number of aryl methyl sites for hydroxylation is 1. The molecular weight excluding hydrogens is 240 g/mol. The van der Waals surface area contributed by atoms with E-state index in [9.17, 15) is 0 Å². The third-order valence-corrected chi connectivity index (χ3v) is 4.29. The molecule has 0 saturated heterocycles. The largest absolute Gasteiger partial charge is 0.318 e. The fraction of sp³-hybridized carbons (Fsp3) is 0.133. The Morgan fingerprint density at radius 2 is 2.00 bits per heavy atom. The number of aromatic nitrogens is 1. The van der Waals surface area contributed by atoms with Crippen LogP contribution in [0.2, 0.25) is 0 Å². The molecule has 0 bridgehead atoms. The number of benzene rings is 1. The van der Waals surface area contributed by atoms with Gasteiger partial charge in [-0.15, -0.1) is 11.3 Å². The van der Waals surface area contributed by atoms with E-state index in [-0.39, 0.29) is 6.04 Å². The summed E-state index contributed by atoms with van der Waals surface area (Å²) in [6.07, 6.45) is 1.83. The van der Waals surface area contributed by atoms with Gasteiger partial charge in [-0.3, -0.25) is 4.98 Å². The zero-order valence-electron chi connectivity index (χ0n) is 10.1. The van der Waals surface area contributed by atoms with Crippen molar-refractivity contribution >= 4 is 22.1 Å². The number of fused-ring (bicyclic) bond motifs is 1. The van der Waals surface area contributed by atoms with Crippen LogP contribution in [0.15, 0.2) is 48.0 Å². The van der Waals surface area contributed by atoms with Gasteiger partial charge in [0.25, 0.3) is 0 Å². The minimum atomic E-state index is -0.143. The molecule has 18 heavy (non-hydrogen) atoms. The number of nitrogens with two attached hydrogens (primary N) is 1. The highest BCUT2D eigenvalue weighted by atomic mass is 32.1. The molecule has 0 saturated carbocycles. The Bertz CT molecular complexity index is 682. The lowest BCUT2D eigenvalue weighted by Crippen LogP contribution is -2.13. The van der Waals surface area contributed by atoms with Gasteiger partial charge in [0.15, 0.2) is 0 Å². The van der Waals surface area contributed by atoms with Gasteiger partial charge in [-0.05, 0) is 35.4 Å². The predicted octanol–water partition coefficient (Wildman–Crippen LogP) is 3.65. The van der Waals surface area contributed by atoms with Gasteiger partial charge in [0, 0.05) is 16.5 Å². The summed E-state index contributed by atoms with van der Waals surface area (Å²) in [5, 5.41) is 4.41. The van der Waals surface area contributed by atoms with Gasteiger partial charge in [-0.1, -0.05) is 24.3 Å². The van der Waals surface area contributed by atoms with Gasteiger partial charge in [0.05, 0.1) is 11.7 Å². The molecule has 0 aliphatic carbocycles. The minimum absolute atomic E-state index is 0.143. The first-order valence-electron chi connectivity index (χ1n) is 5.90. The van der Waals surface area contributed by atoms with Crippen molar-refractivity contribution in [3.63, 3.8) is 0 Å². The van der Waals surface area contributed by atoms with Crippen LogP contribution in [0, 0.1) is 6.92 Å². The van der Waals surface area contributed by atoms with Crippen LogP contribution >= 0.6 is 11.3 Å². The van der Waals surface area contributed by atoms with Crippen LogP contribution in [0.3, 0.4) is 0 Å². The zero-order valence-corrected chi connectivity index (χ0v) is 10.9. The first-order chi connectivity index (χ1) is 8.77. The molecule has 1 aromatic carbocycles. The fourth-order valence-corrected chi connectivity index (χ4v) is 3.15. The van der Waals surface area contributed by atoms with Crippen molar-refractivity contribution in [1.82, 2.24) is 4.98 Å². The molecule has 2 aromatic heterocycles. The molecule has 0 amide bonds. The summed E-state index contributed by atoms with van der Waals surface area (Å²) in [4.78, 5) is 5.68. The monoisotopic (exact) mass is 254 g/mol. The minimum Gasteiger partial charge on any atom is -0.318 e. The van der Waals surface area contributed by atoms with Crippen molar-refractivity contribution in [1.29, 1.82) is 0 Å². The summed E-state index contributed by atoms with van der Waals surface area (Å²) in [5.41, 5.74) is 8.57. The van der Waals surface area contributed by atoms with Crippen LogP contribution in [-0.4, -0.2) is 4.98 Å². The molecule has 1 unspecified atom stereocenters. The topological polar surface area (TPSA) is 38.9 Å². The van der Waals surface area contributed by atoms with Crippen LogP contribution in [-0.2, 0) is 0 Å². The summed E-state index contributed by atoms with van der Waals surface area (Å²) in [5.74, 6) is 0. The molecule has 0 fully saturated rings. The van der Waals surface area contributed by atoms with E-state index in [1.165, 1.54) is 15.8 Å². The number of hydrogen-bond acceptors (Lipinski definition) is 3. The van der Waals surface area contributed by atoms with E-state index >= 15 is 0 Å². The summed E-state index contributed by atoms with van der Waals surface area (Å²) in [6.45, 7) is 2.09. The fourth-order valence-electron chi connectivity index (χ4n) is 2.22. The molecule has 0 radical (unpaired) electrons. The number of pyridine rings is 1. The first-order valence-corrected chi connectivity index (χ1v) is 6.78. The van der Waals surface area contributed by atoms with Gasteiger partial charge in [-0.25, -0.2) is 0 Å². The molecule has 0 aliphatic rings. The molecule has 0 aliphatic heterocycles. The van der Waals surface area contributed by atoms with E-state index in [1.54, 1.807) is 11.3 Å². The molecule has 1 atom stereocenters. The molecule has 3 rings (SSSR count). The molecule has 3 aromatic rings. The maximum absolute atomic E-state index is 6.38. The van der Waals surface area contributed by atoms with Crippen molar-refractivity contribution in [2.75, 3.05) is 0 Å². The van der Waals surface area contributed by atoms with Gasteiger partial charge in [-0.2, -0.15) is 0 Å². The second kappa shape index (κ2) is 4.52. The van der Waals surface area contributed by atoms with Crippen LogP contribution in [0.25, 0.3) is 10.8 Å². The summed E-state index contributed by atoms with van der Waals surface area (Å²) in [7, 11) is 0. The molecular formula is C15H14N2S. The SMILES string of the molecule is Cc1ccsc1C(N)c1nccc2ccccc12. The predicted molar refractivity (Wildman–Crippen MR) is 76.8 cm³/mol. The molecule has 3 heteroatoms. The summed E-state index contributed by atoms with van der Waals surface area (Å²) < 4.78 is 0. The maximum Gasteiger partial charge on any atom is 0.0829 e. The lowest BCUT2D eigenvalue weighted by molar-refractivity contribution is 0.852. The Morgan fingerprint density at radius 1 is 1.17 bits per heavy atom. The number of rotatable bonds is 2. The number of nitrogens with zero attached hydrogens (tertiary/aromatic N) is 1. The third kappa shape index (κ3) is 1.82. The smallest absolute Gasteiger partial charge is 0.0829 e. The van der Waals surface area contributed by atoms with Crippen molar-refractivity contribution in [3.8, 4) is 0 Å². The van der Waals surface area contributed by atoms with Gasteiger partial charge in [0.2, 0.25) is 0 Å². The van der Waals surface area contributed by atoms with Crippen molar-refractivity contribution in [2.24, 2.45) is 5.73 Å². The average molecular weight is 254 g/mol. The normalized spacial score (nSPS) is 12.8. The number of hydrogen-bond donors (Lipinski definition) is 1. The van der Waals surface area contributed by atoms with E-state index in [4.69, 9.17) is 5.73 Å². The van der Waals surface area contributed by atoms with E-state index in [0.717, 1.165) is 11.1 Å². The molecule has 2 heterocycles. The van der Waals surface area contributed by atoms with Crippen LogP contribution in [0.5, 0.6) is 0 Å². The summed E-state index contributed by atoms with van der Waals surface area (Å²) in [6, 6.07) is 12.2. The second-order valence-corrected chi connectivity index (χ2v) is 5.31. The van der Waals surface area contributed by atoms with Crippen molar-refractivity contribution < 1.29 is 0 Å². The van der Waals surface area contributed by atoms with E-state index < -0.39 is 0 Å². The average Bonchev–Trinajstić information content (AvgIpc) is 2.83. The zero-order chi connectivity index (χ0) is 12.5. The number of thiophene rings is 1. The Labute approximate surface area is 110 Å². The van der Waals surface area contributed by atoms with Crippen LogP contribution < -0.4 is 5.73 Å². The molecule has 90 valence electrons. The van der Waals surface area contributed by atoms with Crippen LogP contribution in [0.4, 0.5) is 0 Å². The summed E-state index contributed by atoms with van der Waals surface area (Å²) >= 11 is 1.70. The highest BCUT2D eigenvalue weighted by Gasteiger charge is 2.16. The van der Waals surface area contributed by atoms with Gasteiger partial charge < -0.3 is 5.73 Å². The molecule has 0 spiro atoms.